The van der Waals surface area contributed by atoms with Crippen molar-refractivity contribution in [1.82, 2.24) is 4.98 Å². The summed E-state index contributed by atoms with van der Waals surface area (Å²) in [6.07, 6.45) is 0.882. The Morgan fingerprint density at radius 3 is 2.91 bits per heavy atom. The zero-order chi connectivity index (χ0) is 15.3. The Morgan fingerprint density at radius 2 is 2.05 bits per heavy atom. The Kier molecular flexibility index (Phi) is 3.24. The minimum absolute atomic E-state index is 0.00612. The van der Waals surface area contributed by atoms with Gasteiger partial charge in [0, 0.05) is 32.6 Å². The first-order valence-electron chi connectivity index (χ1n) is 7.00. The number of fused-ring (bicyclic) bond motifs is 2. The monoisotopic (exact) mass is 374 g/mol. The van der Waals surface area contributed by atoms with Crippen LogP contribution < -0.4 is 4.90 Å². The summed E-state index contributed by atoms with van der Waals surface area (Å²) < 4.78 is 1.04. The summed E-state index contributed by atoms with van der Waals surface area (Å²) in [5.74, 6) is -0.00612. The van der Waals surface area contributed by atoms with Crippen LogP contribution in [0.2, 0.25) is 5.02 Å². The molecule has 1 aliphatic rings. The van der Waals surface area contributed by atoms with Crippen molar-refractivity contribution in [3.05, 3.63) is 63.2 Å². The lowest BCUT2D eigenvalue weighted by Gasteiger charge is -2.16. The van der Waals surface area contributed by atoms with Crippen molar-refractivity contribution in [3.63, 3.8) is 0 Å². The van der Waals surface area contributed by atoms with Gasteiger partial charge in [-0.1, -0.05) is 33.6 Å². The highest BCUT2D eigenvalue weighted by Crippen LogP contribution is 2.32. The largest absolute Gasteiger partial charge is 0.350 e. The van der Waals surface area contributed by atoms with Crippen molar-refractivity contribution in [2.45, 2.75) is 6.42 Å². The van der Waals surface area contributed by atoms with Crippen LogP contribution in [0.4, 0.5) is 5.69 Å². The van der Waals surface area contributed by atoms with Crippen LogP contribution in [0, 0.1) is 0 Å². The first-order chi connectivity index (χ1) is 10.6. The third-order valence-electron chi connectivity index (χ3n) is 4.00. The minimum Gasteiger partial charge on any atom is -0.350 e. The molecule has 1 amide bonds. The number of carbonyl (C=O) groups excluding carboxylic acids is 1. The Morgan fingerprint density at radius 1 is 1.18 bits per heavy atom. The quantitative estimate of drug-likeness (QED) is 0.652. The van der Waals surface area contributed by atoms with Gasteiger partial charge in [0.05, 0.1) is 0 Å². The van der Waals surface area contributed by atoms with Gasteiger partial charge in [0.15, 0.2) is 0 Å². The average molecular weight is 376 g/mol. The average Bonchev–Trinajstić information content (AvgIpc) is 3.09. The molecule has 0 radical (unpaired) electrons. The summed E-state index contributed by atoms with van der Waals surface area (Å²) in [6, 6.07) is 13.5. The molecule has 22 heavy (non-hydrogen) atoms. The summed E-state index contributed by atoms with van der Waals surface area (Å²) in [6.45, 7) is 0.709. The molecule has 2 heterocycles. The number of hydrogen-bond acceptors (Lipinski definition) is 1. The second-order valence-corrected chi connectivity index (χ2v) is 6.75. The number of nitrogens with one attached hydrogen (secondary N) is 1. The van der Waals surface area contributed by atoms with Crippen molar-refractivity contribution in [2.75, 3.05) is 11.4 Å². The molecule has 1 N–H and O–H groups in total. The molecule has 0 aliphatic carbocycles. The summed E-state index contributed by atoms with van der Waals surface area (Å²) in [5, 5.41) is 1.65. The van der Waals surface area contributed by atoms with E-state index >= 15 is 0 Å². The molecule has 0 atom stereocenters. The van der Waals surface area contributed by atoms with Crippen molar-refractivity contribution in [1.29, 1.82) is 0 Å². The van der Waals surface area contributed by atoms with E-state index in [4.69, 9.17) is 11.6 Å². The SMILES string of the molecule is O=C(c1cc2ccc(Cl)cc2[nH]1)N1CCc2cc(Br)ccc21. The van der Waals surface area contributed by atoms with E-state index in [0.29, 0.717) is 17.3 Å². The molecule has 0 fully saturated rings. The van der Waals surface area contributed by atoms with Crippen LogP contribution in [0.5, 0.6) is 0 Å². The number of H-pyrrole nitrogens is 1. The molecule has 110 valence electrons. The molecule has 1 aliphatic heterocycles. The minimum atomic E-state index is -0.00612. The number of nitrogens with zero attached hydrogens (tertiary/aromatic N) is 1. The van der Waals surface area contributed by atoms with Gasteiger partial charge >= 0.3 is 0 Å². The molecule has 0 unspecified atom stereocenters. The maximum absolute atomic E-state index is 12.8. The lowest BCUT2D eigenvalue weighted by Crippen LogP contribution is -2.29. The van der Waals surface area contributed by atoms with E-state index in [2.05, 4.69) is 27.0 Å². The van der Waals surface area contributed by atoms with Gasteiger partial charge in [0.2, 0.25) is 0 Å². The predicted octanol–water partition coefficient (Wildman–Crippen LogP) is 4.79. The third kappa shape index (κ3) is 2.23. The van der Waals surface area contributed by atoms with Gasteiger partial charge in [-0.25, -0.2) is 0 Å². The summed E-state index contributed by atoms with van der Waals surface area (Å²) in [4.78, 5) is 17.8. The molecule has 0 bridgehead atoms. The van der Waals surface area contributed by atoms with E-state index in [0.717, 1.165) is 27.5 Å². The van der Waals surface area contributed by atoms with E-state index < -0.39 is 0 Å². The normalized spacial score (nSPS) is 13.6. The molecule has 0 spiro atoms. The molecular weight excluding hydrogens is 364 g/mol. The smallest absolute Gasteiger partial charge is 0.274 e. The molecule has 1 aromatic heterocycles. The summed E-state index contributed by atoms with van der Waals surface area (Å²) in [5.41, 5.74) is 3.66. The predicted molar refractivity (Wildman–Crippen MR) is 92.8 cm³/mol. The fourth-order valence-corrected chi connectivity index (χ4v) is 3.52. The Hall–Kier alpha value is -1.78. The van der Waals surface area contributed by atoms with Gasteiger partial charge in [-0.3, -0.25) is 4.79 Å². The zero-order valence-corrected chi connectivity index (χ0v) is 13.9. The van der Waals surface area contributed by atoms with E-state index in [1.54, 1.807) is 0 Å². The van der Waals surface area contributed by atoms with Crippen LogP contribution in [-0.4, -0.2) is 17.4 Å². The van der Waals surface area contributed by atoms with E-state index in [1.165, 1.54) is 5.56 Å². The zero-order valence-electron chi connectivity index (χ0n) is 11.6. The maximum atomic E-state index is 12.8. The Labute approximate surface area is 141 Å². The summed E-state index contributed by atoms with van der Waals surface area (Å²) in [7, 11) is 0. The number of aromatic nitrogens is 1. The van der Waals surface area contributed by atoms with Gasteiger partial charge in [-0.05, 0) is 48.4 Å². The number of amides is 1. The molecule has 0 saturated heterocycles. The van der Waals surface area contributed by atoms with Gasteiger partial charge in [-0.15, -0.1) is 0 Å². The Balaban J connectivity index is 1.73. The second-order valence-electron chi connectivity index (χ2n) is 5.39. The van der Waals surface area contributed by atoms with Gasteiger partial charge in [-0.2, -0.15) is 0 Å². The highest BCUT2D eigenvalue weighted by atomic mass is 79.9. The van der Waals surface area contributed by atoms with Gasteiger partial charge < -0.3 is 9.88 Å². The van der Waals surface area contributed by atoms with Crippen molar-refractivity contribution in [3.8, 4) is 0 Å². The fourth-order valence-electron chi connectivity index (χ4n) is 2.94. The van der Waals surface area contributed by atoms with Crippen molar-refractivity contribution >= 4 is 50.0 Å². The van der Waals surface area contributed by atoms with Crippen molar-refractivity contribution in [2.24, 2.45) is 0 Å². The maximum Gasteiger partial charge on any atom is 0.274 e. The molecule has 2 aromatic carbocycles. The number of hydrogen-bond donors (Lipinski definition) is 1. The van der Waals surface area contributed by atoms with Crippen LogP contribution >= 0.6 is 27.5 Å². The topological polar surface area (TPSA) is 36.1 Å². The lowest BCUT2D eigenvalue weighted by molar-refractivity contribution is 0.0985. The Bertz CT molecular complexity index is 903. The second kappa shape index (κ2) is 5.14. The number of halogens is 2. The van der Waals surface area contributed by atoms with Crippen LogP contribution in [0.3, 0.4) is 0 Å². The van der Waals surface area contributed by atoms with Crippen LogP contribution in [0.25, 0.3) is 10.9 Å². The third-order valence-corrected chi connectivity index (χ3v) is 4.73. The highest BCUT2D eigenvalue weighted by Gasteiger charge is 2.26. The van der Waals surface area contributed by atoms with Gasteiger partial charge in [0.1, 0.15) is 5.69 Å². The first kappa shape index (κ1) is 13.9. The highest BCUT2D eigenvalue weighted by molar-refractivity contribution is 9.10. The lowest BCUT2D eigenvalue weighted by atomic mass is 10.2. The van der Waals surface area contributed by atoms with Gasteiger partial charge in [0.25, 0.3) is 5.91 Å². The number of aromatic amines is 1. The standard InChI is InChI=1S/C17H12BrClN2O/c18-12-2-4-16-11(7-12)5-6-21(16)17(22)15-8-10-1-3-13(19)9-14(10)20-15/h1-4,7-9,20H,5-6H2. The first-order valence-corrected chi connectivity index (χ1v) is 8.17. The molecule has 4 rings (SSSR count). The van der Waals surface area contributed by atoms with E-state index in [9.17, 15) is 4.79 Å². The number of rotatable bonds is 1. The fraction of sp³-hybridized carbons (Fsp3) is 0.118. The molecule has 5 heteroatoms. The molecule has 3 aromatic rings. The number of benzene rings is 2. The van der Waals surface area contributed by atoms with Crippen LogP contribution in [0.15, 0.2) is 46.9 Å². The van der Waals surface area contributed by atoms with E-state index in [1.807, 2.05) is 41.3 Å². The number of anilines is 1. The summed E-state index contributed by atoms with van der Waals surface area (Å²) >= 11 is 9.47. The van der Waals surface area contributed by atoms with E-state index in [-0.39, 0.29) is 5.91 Å². The number of carbonyl (C=O) groups is 1. The molecular formula is C17H12BrClN2O. The van der Waals surface area contributed by atoms with Crippen LogP contribution in [0.1, 0.15) is 16.1 Å². The molecule has 3 nitrogen and oxygen atoms in total. The van der Waals surface area contributed by atoms with Crippen molar-refractivity contribution < 1.29 is 4.79 Å². The molecule has 0 saturated carbocycles. The van der Waals surface area contributed by atoms with Crippen LogP contribution in [-0.2, 0) is 6.42 Å².